The maximum absolute atomic E-state index is 6.05. The Balaban J connectivity index is 1.98. The molecule has 100 valence electrons. The first-order valence-corrected chi connectivity index (χ1v) is 6.69. The van der Waals surface area contributed by atoms with Gasteiger partial charge in [0.05, 0.1) is 18.6 Å². The van der Waals surface area contributed by atoms with E-state index < -0.39 is 5.41 Å². The van der Waals surface area contributed by atoms with Crippen molar-refractivity contribution in [3.8, 4) is 11.5 Å². The molecule has 3 rings (SSSR count). The third-order valence-corrected chi connectivity index (χ3v) is 4.04. The molecule has 0 radical (unpaired) electrons. The summed E-state index contributed by atoms with van der Waals surface area (Å²) in [4.78, 5) is 8.65. The van der Waals surface area contributed by atoms with E-state index in [9.17, 15) is 0 Å². The number of ether oxygens (including phenoxy) is 1. The number of hydrogen-bond donors (Lipinski definition) is 1. The fourth-order valence-corrected chi connectivity index (χ4v) is 2.44. The number of pyridine rings is 1. The molecule has 0 spiro atoms. The minimum Gasteiger partial charge on any atom is -0.379 e. The van der Waals surface area contributed by atoms with Gasteiger partial charge in [0.25, 0.3) is 0 Å². The molecule has 2 N–H and O–H groups in total. The zero-order valence-electron chi connectivity index (χ0n) is 10.3. The summed E-state index contributed by atoms with van der Waals surface area (Å²) in [5.41, 5.74) is 6.25. The standard InChI is InChI=1S/C12H13BrN4O2/c1-12(6-18-5-8(12)14)11-16-10(17-19-11)9-7(13)3-2-4-15-9/h2-4,8H,5-6,14H2,1H3. The van der Waals surface area contributed by atoms with Crippen LogP contribution in [0, 0.1) is 0 Å². The molecule has 7 heteroatoms. The van der Waals surface area contributed by atoms with Crippen molar-refractivity contribution in [2.75, 3.05) is 13.2 Å². The first-order valence-electron chi connectivity index (χ1n) is 5.89. The van der Waals surface area contributed by atoms with E-state index in [1.807, 2.05) is 19.1 Å². The van der Waals surface area contributed by atoms with Gasteiger partial charge in [0.15, 0.2) is 0 Å². The third-order valence-electron chi connectivity index (χ3n) is 3.40. The Hall–Kier alpha value is -1.31. The molecule has 1 aliphatic heterocycles. The van der Waals surface area contributed by atoms with Gasteiger partial charge in [0.1, 0.15) is 5.69 Å². The molecule has 2 atom stereocenters. The topological polar surface area (TPSA) is 87.1 Å². The Morgan fingerprint density at radius 2 is 2.37 bits per heavy atom. The highest BCUT2D eigenvalue weighted by atomic mass is 79.9. The molecule has 2 aromatic heterocycles. The van der Waals surface area contributed by atoms with E-state index in [1.54, 1.807) is 6.20 Å². The largest absolute Gasteiger partial charge is 0.379 e. The summed E-state index contributed by atoms with van der Waals surface area (Å²) in [5.74, 6) is 0.938. The molecule has 2 aromatic rings. The quantitative estimate of drug-likeness (QED) is 0.900. The predicted molar refractivity (Wildman–Crippen MR) is 71.4 cm³/mol. The van der Waals surface area contributed by atoms with Crippen LogP contribution in [-0.4, -0.2) is 34.4 Å². The Kier molecular flexibility index (Phi) is 3.12. The van der Waals surface area contributed by atoms with Crippen LogP contribution in [-0.2, 0) is 10.2 Å². The molecule has 3 heterocycles. The van der Waals surface area contributed by atoms with Gasteiger partial charge in [-0.1, -0.05) is 5.16 Å². The minimum absolute atomic E-state index is 0.145. The SMILES string of the molecule is CC1(c2nc(-c3ncccc3Br)no2)COCC1N. The summed E-state index contributed by atoms with van der Waals surface area (Å²) in [6.45, 7) is 2.95. The lowest BCUT2D eigenvalue weighted by Gasteiger charge is -2.21. The second-order valence-electron chi connectivity index (χ2n) is 4.80. The van der Waals surface area contributed by atoms with Crippen molar-refractivity contribution in [3.63, 3.8) is 0 Å². The van der Waals surface area contributed by atoms with Gasteiger partial charge in [-0.05, 0) is 35.0 Å². The van der Waals surface area contributed by atoms with Crippen molar-refractivity contribution in [3.05, 3.63) is 28.7 Å². The van der Waals surface area contributed by atoms with Gasteiger partial charge in [-0.3, -0.25) is 4.98 Å². The van der Waals surface area contributed by atoms with Crippen LogP contribution in [0.2, 0.25) is 0 Å². The van der Waals surface area contributed by atoms with Crippen LogP contribution in [0.15, 0.2) is 27.3 Å². The molecule has 0 bridgehead atoms. The monoisotopic (exact) mass is 324 g/mol. The van der Waals surface area contributed by atoms with Gasteiger partial charge in [-0.15, -0.1) is 0 Å². The lowest BCUT2D eigenvalue weighted by atomic mass is 9.86. The second-order valence-corrected chi connectivity index (χ2v) is 5.65. The summed E-state index contributed by atoms with van der Waals surface area (Å²) in [5, 5.41) is 3.98. The first-order chi connectivity index (χ1) is 9.11. The number of nitrogens with zero attached hydrogens (tertiary/aromatic N) is 3. The number of halogens is 1. The van der Waals surface area contributed by atoms with Gasteiger partial charge in [-0.2, -0.15) is 4.98 Å². The number of aromatic nitrogens is 3. The zero-order valence-corrected chi connectivity index (χ0v) is 11.9. The van der Waals surface area contributed by atoms with Crippen LogP contribution < -0.4 is 5.73 Å². The van der Waals surface area contributed by atoms with Crippen LogP contribution >= 0.6 is 15.9 Å². The van der Waals surface area contributed by atoms with Crippen molar-refractivity contribution >= 4 is 15.9 Å². The van der Waals surface area contributed by atoms with Gasteiger partial charge in [0, 0.05) is 16.7 Å². The molecule has 2 unspecified atom stereocenters. The number of rotatable bonds is 2. The van der Waals surface area contributed by atoms with E-state index >= 15 is 0 Å². The van der Waals surface area contributed by atoms with Gasteiger partial charge in [-0.25, -0.2) is 0 Å². The van der Waals surface area contributed by atoms with Crippen molar-refractivity contribution in [1.82, 2.24) is 15.1 Å². The van der Waals surface area contributed by atoms with E-state index in [2.05, 4.69) is 31.1 Å². The molecule has 6 nitrogen and oxygen atoms in total. The molecule has 19 heavy (non-hydrogen) atoms. The van der Waals surface area contributed by atoms with Crippen LogP contribution in [0.5, 0.6) is 0 Å². The van der Waals surface area contributed by atoms with Gasteiger partial charge in [0.2, 0.25) is 11.7 Å². The van der Waals surface area contributed by atoms with Gasteiger partial charge < -0.3 is 15.0 Å². The van der Waals surface area contributed by atoms with Crippen LogP contribution in [0.25, 0.3) is 11.5 Å². The average Bonchev–Trinajstić information content (AvgIpc) is 2.99. The van der Waals surface area contributed by atoms with Crippen molar-refractivity contribution < 1.29 is 9.26 Å². The normalized spacial score (nSPS) is 26.8. The lowest BCUT2D eigenvalue weighted by molar-refractivity contribution is 0.169. The molecule has 0 aromatic carbocycles. The highest BCUT2D eigenvalue weighted by Crippen LogP contribution is 2.32. The van der Waals surface area contributed by atoms with Crippen LogP contribution in [0.1, 0.15) is 12.8 Å². The van der Waals surface area contributed by atoms with Crippen molar-refractivity contribution in [2.24, 2.45) is 5.73 Å². The highest BCUT2D eigenvalue weighted by molar-refractivity contribution is 9.10. The smallest absolute Gasteiger partial charge is 0.236 e. The maximum atomic E-state index is 6.05. The summed E-state index contributed by atoms with van der Waals surface area (Å²) < 4.78 is 11.6. The second kappa shape index (κ2) is 4.66. The molecule has 1 aliphatic rings. The number of nitrogens with two attached hydrogens (primary N) is 1. The van der Waals surface area contributed by atoms with Crippen molar-refractivity contribution in [2.45, 2.75) is 18.4 Å². The lowest BCUT2D eigenvalue weighted by Crippen LogP contribution is -2.42. The van der Waals surface area contributed by atoms with Crippen LogP contribution in [0.3, 0.4) is 0 Å². The molecule has 0 amide bonds. The summed E-state index contributed by atoms with van der Waals surface area (Å²) in [7, 11) is 0. The Labute approximate surface area is 118 Å². The maximum Gasteiger partial charge on any atom is 0.236 e. The number of hydrogen-bond acceptors (Lipinski definition) is 6. The first kappa shape index (κ1) is 12.7. The Bertz CT molecular complexity index is 603. The Morgan fingerprint density at radius 1 is 1.53 bits per heavy atom. The fourth-order valence-electron chi connectivity index (χ4n) is 2.01. The van der Waals surface area contributed by atoms with Crippen molar-refractivity contribution in [1.29, 1.82) is 0 Å². The molecular weight excluding hydrogens is 312 g/mol. The third kappa shape index (κ3) is 2.07. The van der Waals surface area contributed by atoms with E-state index in [0.717, 1.165) is 4.47 Å². The van der Waals surface area contributed by atoms with E-state index in [4.69, 9.17) is 15.0 Å². The minimum atomic E-state index is -0.438. The predicted octanol–water partition coefficient (Wildman–Crippen LogP) is 1.51. The average molecular weight is 325 g/mol. The van der Waals surface area contributed by atoms with Gasteiger partial charge >= 0.3 is 0 Å². The highest BCUT2D eigenvalue weighted by Gasteiger charge is 2.44. The zero-order chi connectivity index (χ0) is 13.5. The van der Waals surface area contributed by atoms with E-state index in [-0.39, 0.29) is 6.04 Å². The van der Waals surface area contributed by atoms with E-state index in [0.29, 0.717) is 30.6 Å². The summed E-state index contributed by atoms with van der Waals surface area (Å²) >= 11 is 3.42. The van der Waals surface area contributed by atoms with E-state index in [1.165, 1.54) is 0 Å². The molecule has 0 aliphatic carbocycles. The fraction of sp³-hybridized carbons (Fsp3) is 0.417. The molecular formula is C12H13BrN4O2. The van der Waals surface area contributed by atoms with Crippen LogP contribution in [0.4, 0.5) is 0 Å². The molecule has 1 fully saturated rings. The summed E-state index contributed by atoms with van der Waals surface area (Å²) in [6, 6.07) is 3.56. The summed E-state index contributed by atoms with van der Waals surface area (Å²) in [6.07, 6.45) is 1.68. The molecule has 1 saturated heterocycles. The molecule has 0 saturated carbocycles. The Morgan fingerprint density at radius 3 is 3.05 bits per heavy atom.